The van der Waals surface area contributed by atoms with Gasteiger partial charge in [-0.05, 0) is 24.8 Å². The molecule has 0 aromatic heterocycles. The summed E-state index contributed by atoms with van der Waals surface area (Å²) in [5, 5.41) is 0. The summed E-state index contributed by atoms with van der Waals surface area (Å²) in [4.78, 5) is 2.44. The second kappa shape index (κ2) is 8.79. The Morgan fingerprint density at radius 3 is 2.56 bits per heavy atom. The maximum atomic E-state index is 6.52. The molecule has 1 heterocycles. The number of nitrogens with zero attached hydrogens (tertiary/aromatic N) is 1. The van der Waals surface area contributed by atoms with Gasteiger partial charge in [0.2, 0.25) is 0 Å². The van der Waals surface area contributed by atoms with E-state index in [2.05, 4.69) is 48.4 Å². The highest BCUT2D eigenvalue weighted by atomic mass is 16.7. The van der Waals surface area contributed by atoms with Crippen LogP contribution in [0.2, 0.25) is 0 Å². The summed E-state index contributed by atoms with van der Waals surface area (Å²) in [7, 11) is 0. The number of rotatable bonds is 8. The summed E-state index contributed by atoms with van der Waals surface area (Å²) >= 11 is 0. The number of hydrogen-bond acceptors (Lipinski definition) is 3. The van der Waals surface area contributed by atoms with Crippen LogP contribution in [-0.2, 0) is 16.0 Å². The summed E-state index contributed by atoms with van der Waals surface area (Å²) in [5.41, 5.74) is 1.31. The van der Waals surface area contributed by atoms with Gasteiger partial charge in [-0.3, -0.25) is 4.90 Å². The zero-order valence-corrected chi connectivity index (χ0v) is 15.2. The molecule has 1 aliphatic heterocycles. The van der Waals surface area contributed by atoms with Crippen molar-refractivity contribution in [3.8, 4) is 0 Å². The zero-order chi connectivity index (χ0) is 17.5. The van der Waals surface area contributed by atoms with E-state index in [0.29, 0.717) is 6.61 Å². The lowest BCUT2D eigenvalue weighted by Gasteiger charge is -2.36. The van der Waals surface area contributed by atoms with Crippen LogP contribution in [0.1, 0.15) is 44.1 Å². The standard InChI is InChI=1S/C22H31NO2/c1-3-11-20(21-18-24-22(25-21)14-9-6-10-15-22)23(16-4-2)17-19-12-7-5-8-13-19/h3-5,7-8,12-13,20-21H,1-2,6,9-11,14-18H2/t20-,21+/m0/s1. The molecule has 1 aliphatic carbocycles. The summed E-state index contributed by atoms with van der Waals surface area (Å²) in [6.45, 7) is 10.3. The van der Waals surface area contributed by atoms with Crippen molar-refractivity contribution < 1.29 is 9.47 Å². The van der Waals surface area contributed by atoms with Crippen molar-refractivity contribution in [1.29, 1.82) is 0 Å². The third kappa shape index (κ3) is 4.60. The Morgan fingerprint density at radius 1 is 1.12 bits per heavy atom. The van der Waals surface area contributed by atoms with Gasteiger partial charge in [0, 0.05) is 32.0 Å². The van der Waals surface area contributed by atoms with Crippen LogP contribution in [0.4, 0.5) is 0 Å². The van der Waals surface area contributed by atoms with Crippen LogP contribution in [0.25, 0.3) is 0 Å². The Hall–Kier alpha value is -1.42. The van der Waals surface area contributed by atoms with Gasteiger partial charge in [-0.1, -0.05) is 48.9 Å². The van der Waals surface area contributed by atoms with E-state index >= 15 is 0 Å². The van der Waals surface area contributed by atoms with Crippen LogP contribution in [0, 0.1) is 0 Å². The predicted octanol–water partition coefficient (Wildman–Crippen LogP) is 4.70. The maximum absolute atomic E-state index is 6.52. The molecule has 3 heteroatoms. The molecule has 1 saturated heterocycles. The van der Waals surface area contributed by atoms with E-state index in [1.807, 2.05) is 12.2 Å². The molecule has 0 unspecified atom stereocenters. The number of ether oxygens (including phenoxy) is 2. The normalized spacial score (nSPS) is 23.6. The number of hydrogen-bond donors (Lipinski definition) is 0. The van der Waals surface area contributed by atoms with E-state index in [1.54, 1.807) is 0 Å². The van der Waals surface area contributed by atoms with Crippen molar-refractivity contribution in [3.63, 3.8) is 0 Å². The van der Waals surface area contributed by atoms with Crippen molar-refractivity contribution >= 4 is 0 Å². The lowest BCUT2D eigenvalue weighted by atomic mass is 9.94. The van der Waals surface area contributed by atoms with Crippen LogP contribution in [0.3, 0.4) is 0 Å². The minimum atomic E-state index is -0.324. The molecule has 0 amide bonds. The van der Waals surface area contributed by atoms with E-state index in [-0.39, 0.29) is 17.9 Å². The molecule has 0 radical (unpaired) electrons. The highest BCUT2D eigenvalue weighted by Crippen LogP contribution is 2.39. The van der Waals surface area contributed by atoms with Gasteiger partial charge < -0.3 is 9.47 Å². The van der Waals surface area contributed by atoms with Crippen molar-refractivity contribution in [2.45, 2.75) is 63.0 Å². The SMILES string of the molecule is C=CC[C@@H]([C@H]1COC2(CCCCC2)O1)N(CC=C)Cc1ccccc1. The van der Waals surface area contributed by atoms with Crippen molar-refractivity contribution in [1.82, 2.24) is 4.90 Å². The van der Waals surface area contributed by atoms with Crippen LogP contribution in [-0.4, -0.2) is 36.0 Å². The molecular weight excluding hydrogens is 310 g/mol. The first-order valence-electron chi connectivity index (χ1n) is 9.58. The minimum absolute atomic E-state index is 0.0970. The first-order chi connectivity index (χ1) is 12.3. The zero-order valence-electron chi connectivity index (χ0n) is 15.2. The summed E-state index contributed by atoms with van der Waals surface area (Å²) in [6, 6.07) is 10.9. The highest BCUT2D eigenvalue weighted by Gasteiger charge is 2.45. The maximum Gasteiger partial charge on any atom is 0.168 e. The second-order valence-electron chi connectivity index (χ2n) is 7.23. The van der Waals surface area contributed by atoms with Gasteiger partial charge in [0.15, 0.2) is 5.79 Å². The van der Waals surface area contributed by atoms with Crippen LogP contribution < -0.4 is 0 Å². The number of benzene rings is 1. The highest BCUT2D eigenvalue weighted by molar-refractivity contribution is 5.15. The first-order valence-corrected chi connectivity index (χ1v) is 9.58. The first kappa shape index (κ1) is 18.4. The van der Waals surface area contributed by atoms with Gasteiger partial charge in [-0.2, -0.15) is 0 Å². The van der Waals surface area contributed by atoms with Crippen molar-refractivity contribution in [2.75, 3.05) is 13.2 Å². The monoisotopic (exact) mass is 341 g/mol. The van der Waals surface area contributed by atoms with E-state index < -0.39 is 0 Å². The van der Waals surface area contributed by atoms with E-state index in [1.165, 1.54) is 24.8 Å². The predicted molar refractivity (Wildman–Crippen MR) is 102 cm³/mol. The molecule has 1 aromatic rings. The molecule has 1 spiro atoms. The van der Waals surface area contributed by atoms with Crippen LogP contribution in [0.15, 0.2) is 55.6 Å². The molecule has 2 fully saturated rings. The minimum Gasteiger partial charge on any atom is -0.347 e. The molecule has 3 rings (SSSR count). The van der Waals surface area contributed by atoms with Crippen molar-refractivity contribution in [3.05, 3.63) is 61.2 Å². The Labute approximate surface area is 152 Å². The lowest BCUT2D eigenvalue weighted by molar-refractivity contribution is -0.192. The molecular formula is C22H31NO2. The molecule has 2 atom stereocenters. The fourth-order valence-corrected chi connectivity index (χ4v) is 4.13. The molecule has 1 aromatic carbocycles. The topological polar surface area (TPSA) is 21.7 Å². The fraction of sp³-hybridized carbons (Fsp3) is 0.545. The van der Waals surface area contributed by atoms with Gasteiger partial charge in [0.1, 0.15) is 6.10 Å². The smallest absolute Gasteiger partial charge is 0.168 e. The molecule has 3 nitrogen and oxygen atoms in total. The average molecular weight is 341 g/mol. The summed E-state index contributed by atoms with van der Waals surface area (Å²) in [6.07, 6.45) is 10.7. The van der Waals surface area contributed by atoms with Gasteiger partial charge >= 0.3 is 0 Å². The van der Waals surface area contributed by atoms with Crippen LogP contribution >= 0.6 is 0 Å². The largest absolute Gasteiger partial charge is 0.347 e. The Bertz CT molecular complexity index is 550. The van der Waals surface area contributed by atoms with Gasteiger partial charge in [0.05, 0.1) is 6.61 Å². The fourth-order valence-electron chi connectivity index (χ4n) is 4.13. The lowest BCUT2D eigenvalue weighted by Crippen LogP contribution is -2.45. The van der Waals surface area contributed by atoms with Crippen molar-refractivity contribution in [2.24, 2.45) is 0 Å². The van der Waals surface area contributed by atoms with Gasteiger partial charge in [-0.15, -0.1) is 13.2 Å². The Kier molecular flexibility index (Phi) is 6.46. The molecule has 2 aliphatic rings. The summed E-state index contributed by atoms with van der Waals surface area (Å²) in [5.74, 6) is -0.324. The Balaban J connectivity index is 1.73. The molecule has 0 N–H and O–H groups in total. The summed E-state index contributed by atoms with van der Waals surface area (Å²) < 4.78 is 12.7. The quantitative estimate of drug-likeness (QED) is 0.640. The Morgan fingerprint density at radius 2 is 1.88 bits per heavy atom. The molecule has 1 saturated carbocycles. The van der Waals surface area contributed by atoms with Crippen LogP contribution in [0.5, 0.6) is 0 Å². The average Bonchev–Trinajstić information content (AvgIpc) is 3.04. The second-order valence-corrected chi connectivity index (χ2v) is 7.23. The van der Waals surface area contributed by atoms with E-state index in [0.717, 1.165) is 32.4 Å². The van der Waals surface area contributed by atoms with Gasteiger partial charge in [-0.25, -0.2) is 0 Å². The molecule has 136 valence electrons. The molecule has 0 bridgehead atoms. The third-order valence-electron chi connectivity index (χ3n) is 5.39. The molecule has 25 heavy (non-hydrogen) atoms. The van der Waals surface area contributed by atoms with E-state index in [9.17, 15) is 0 Å². The third-order valence-corrected chi connectivity index (χ3v) is 5.39. The van der Waals surface area contributed by atoms with Gasteiger partial charge in [0.25, 0.3) is 0 Å². The van der Waals surface area contributed by atoms with E-state index in [4.69, 9.17) is 9.47 Å².